The van der Waals surface area contributed by atoms with Gasteiger partial charge in [0.25, 0.3) is 5.91 Å². The van der Waals surface area contributed by atoms with Gasteiger partial charge in [0, 0.05) is 24.5 Å². The number of pyridine rings is 1. The van der Waals surface area contributed by atoms with Crippen molar-refractivity contribution in [1.82, 2.24) is 10.3 Å². The van der Waals surface area contributed by atoms with Gasteiger partial charge in [0.1, 0.15) is 5.75 Å². The standard InChI is InChI=1S/C19H24N2O3/c1-4-14-11-20-10-9-17(14)19(23)21-12-18(22)15-5-7-16(8-6-15)24-13(2)3/h5-11,13,18,22H,4,12H2,1-3H3,(H,21,23). The molecule has 0 aliphatic heterocycles. The molecule has 128 valence electrons. The number of benzene rings is 1. The molecule has 0 fully saturated rings. The van der Waals surface area contributed by atoms with Gasteiger partial charge < -0.3 is 15.2 Å². The second-order valence-corrected chi connectivity index (χ2v) is 5.85. The van der Waals surface area contributed by atoms with Crippen LogP contribution in [-0.2, 0) is 6.42 Å². The number of ether oxygens (including phenoxy) is 1. The second kappa shape index (κ2) is 8.45. The topological polar surface area (TPSA) is 71.5 Å². The zero-order valence-electron chi connectivity index (χ0n) is 14.3. The molecule has 2 N–H and O–H groups in total. The number of hydrogen-bond donors (Lipinski definition) is 2. The number of amides is 1. The van der Waals surface area contributed by atoms with E-state index in [1.54, 1.807) is 30.6 Å². The fraction of sp³-hybridized carbons (Fsp3) is 0.368. The highest BCUT2D eigenvalue weighted by Gasteiger charge is 2.13. The number of nitrogens with one attached hydrogen (secondary N) is 1. The van der Waals surface area contributed by atoms with Crippen LogP contribution in [0, 0.1) is 0 Å². The number of rotatable bonds is 7. The van der Waals surface area contributed by atoms with Gasteiger partial charge in [-0.1, -0.05) is 19.1 Å². The number of carbonyl (C=O) groups is 1. The van der Waals surface area contributed by atoms with Crippen LogP contribution in [0.2, 0.25) is 0 Å². The molecule has 1 heterocycles. The Kier molecular flexibility index (Phi) is 6.32. The highest BCUT2D eigenvalue weighted by Crippen LogP contribution is 2.18. The molecule has 5 heteroatoms. The molecule has 5 nitrogen and oxygen atoms in total. The third kappa shape index (κ3) is 4.80. The van der Waals surface area contributed by atoms with E-state index < -0.39 is 6.10 Å². The van der Waals surface area contributed by atoms with E-state index in [1.165, 1.54) is 0 Å². The lowest BCUT2D eigenvalue weighted by atomic mass is 10.1. The van der Waals surface area contributed by atoms with Crippen LogP contribution in [0.1, 0.15) is 48.4 Å². The van der Waals surface area contributed by atoms with Crippen molar-refractivity contribution in [2.24, 2.45) is 0 Å². The van der Waals surface area contributed by atoms with Gasteiger partial charge in [-0.05, 0) is 49.6 Å². The lowest BCUT2D eigenvalue weighted by Crippen LogP contribution is -2.29. The van der Waals surface area contributed by atoms with Gasteiger partial charge in [-0.15, -0.1) is 0 Å². The Morgan fingerprint density at radius 2 is 1.96 bits per heavy atom. The van der Waals surface area contributed by atoms with Crippen LogP contribution in [0.4, 0.5) is 0 Å². The SMILES string of the molecule is CCc1cnccc1C(=O)NCC(O)c1ccc(OC(C)C)cc1. The molecule has 1 atom stereocenters. The first-order chi connectivity index (χ1) is 11.5. The summed E-state index contributed by atoms with van der Waals surface area (Å²) in [5, 5.41) is 13.0. The van der Waals surface area contributed by atoms with Crippen LogP contribution in [-0.4, -0.2) is 28.6 Å². The van der Waals surface area contributed by atoms with E-state index in [4.69, 9.17) is 4.74 Å². The molecular formula is C19H24N2O3. The van der Waals surface area contributed by atoms with E-state index in [0.717, 1.165) is 23.3 Å². The first-order valence-corrected chi connectivity index (χ1v) is 8.17. The average molecular weight is 328 g/mol. The molecule has 0 saturated carbocycles. The quantitative estimate of drug-likeness (QED) is 0.820. The van der Waals surface area contributed by atoms with Crippen LogP contribution in [0.3, 0.4) is 0 Å². The Hall–Kier alpha value is -2.40. The van der Waals surface area contributed by atoms with Crippen LogP contribution in [0.5, 0.6) is 5.75 Å². The molecular weight excluding hydrogens is 304 g/mol. The van der Waals surface area contributed by atoms with E-state index in [0.29, 0.717) is 5.56 Å². The first kappa shape index (κ1) is 17.9. The van der Waals surface area contributed by atoms with E-state index in [9.17, 15) is 9.90 Å². The normalized spacial score (nSPS) is 12.0. The van der Waals surface area contributed by atoms with Gasteiger partial charge >= 0.3 is 0 Å². The molecule has 0 aliphatic rings. The number of carbonyl (C=O) groups excluding carboxylic acids is 1. The van der Waals surface area contributed by atoms with Crippen molar-refractivity contribution >= 4 is 5.91 Å². The molecule has 2 rings (SSSR count). The summed E-state index contributed by atoms with van der Waals surface area (Å²) in [6, 6.07) is 8.94. The predicted molar refractivity (Wildman–Crippen MR) is 93.1 cm³/mol. The van der Waals surface area contributed by atoms with Crippen molar-refractivity contribution in [3.8, 4) is 5.75 Å². The molecule has 1 unspecified atom stereocenters. The minimum absolute atomic E-state index is 0.105. The molecule has 1 amide bonds. The maximum absolute atomic E-state index is 12.3. The number of nitrogens with zero attached hydrogens (tertiary/aromatic N) is 1. The number of aliphatic hydroxyl groups excluding tert-OH is 1. The molecule has 0 bridgehead atoms. The van der Waals surface area contributed by atoms with Crippen molar-refractivity contribution in [2.45, 2.75) is 39.4 Å². The summed E-state index contributed by atoms with van der Waals surface area (Å²) in [7, 11) is 0. The Morgan fingerprint density at radius 1 is 1.25 bits per heavy atom. The number of hydrogen-bond acceptors (Lipinski definition) is 4. The van der Waals surface area contributed by atoms with E-state index >= 15 is 0 Å². The highest BCUT2D eigenvalue weighted by atomic mass is 16.5. The van der Waals surface area contributed by atoms with Crippen molar-refractivity contribution in [3.05, 3.63) is 59.4 Å². The van der Waals surface area contributed by atoms with Gasteiger partial charge in [0.2, 0.25) is 0 Å². The molecule has 1 aromatic carbocycles. The van der Waals surface area contributed by atoms with Gasteiger partial charge in [-0.3, -0.25) is 9.78 Å². The summed E-state index contributed by atoms with van der Waals surface area (Å²) in [6.45, 7) is 6.04. The Morgan fingerprint density at radius 3 is 2.58 bits per heavy atom. The number of aromatic nitrogens is 1. The third-order valence-corrected chi connectivity index (χ3v) is 3.62. The molecule has 2 aromatic rings. The second-order valence-electron chi connectivity index (χ2n) is 5.85. The van der Waals surface area contributed by atoms with Gasteiger partial charge in [0.15, 0.2) is 0 Å². The molecule has 0 saturated heterocycles. The summed E-state index contributed by atoms with van der Waals surface area (Å²) < 4.78 is 5.57. The Labute approximate surface area is 142 Å². The average Bonchev–Trinajstić information content (AvgIpc) is 2.59. The lowest BCUT2D eigenvalue weighted by molar-refractivity contribution is 0.0915. The summed E-state index contributed by atoms with van der Waals surface area (Å²) in [6.07, 6.45) is 3.36. The molecule has 1 aromatic heterocycles. The maximum Gasteiger partial charge on any atom is 0.251 e. The molecule has 0 radical (unpaired) electrons. The highest BCUT2D eigenvalue weighted by molar-refractivity contribution is 5.95. The molecule has 0 aliphatic carbocycles. The van der Waals surface area contributed by atoms with Crippen LogP contribution < -0.4 is 10.1 Å². The summed E-state index contributed by atoms with van der Waals surface area (Å²) >= 11 is 0. The van der Waals surface area contributed by atoms with Gasteiger partial charge in [-0.2, -0.15) is 0 Å². The summed E-state index contributed by atoms with van der Waals surface area (Å²) in [5.74, 6) is 0.558. The fourth-order valence-electron chi connectivity index (χ4n) is 2.37. The first-order valence-electron chi connectivity index (χ1n) is 8.17. The summed E-state index contributed by atoms with van der Waals surface area (Å²) in [4.78, 5) is 16.3. The van der Waals surface area contributed by atoms with E-state index in [2.05, 4.69) is 10.3 Å². The lowest BCUT2D eigenvalue weighted by Gasteiger charge is -2.15. The Bertz CT molecular complexity index is 669. The van der Waals surface area contributed by atoms with Gasteiger partial charge in [0.05, 0.1) is 12.2 Å². The predicted octanol–water partition coefficient (Wildman–Crippen LogP) is 2.89. The van der Waals surface area contributed by atoms with Crippen molar-refractivity contribution in [1.29, 1.82) is 0 Å². The fourth-order valence-corrected chi connectivity index (χ4v) is 2.37. The van der Waals surface area contributed by atoms with Crippen molar-refractivity contribution in [3.63, 3.8) is 0 Å². The Balaban J connectivity index is 1.95. The minimum atomic E-state index is -0.769. The monoisotopic (exact) mass is 328 g/mol. The largest absolute Gasteiger partial charge is 0.491 e. The van der Waals surface area contributed by atoms with Crippen molar-refractivity contribution in [2.75, 3.05) is 6.54 Å². The van der Waals surface area contributed by atoms with Crippen LogP contribution in [0.25, 0.3) is 0 Å². The number of aliphatic hydroxyl groups is 1. The number of aryl methyl sites for hydroxylation is 1. The minimum Gasteiger partial charge on any atom is -0.491 e. The van der Waals surface area contributed by atoms with Gasteiger partial charge in [-0.25, -0.2) is 0 Å². The van der Waals surface area contributed by atoms with E-state index in [1.807, 2.05) is 32.9 Å². The van der Waals surface area contributed by atoms with Crippen LogP contribution in [0.15, 0.2) is 42.7 Å². The zero-order chi connectivity index (χ0) is 17.5. The maximum atomic E-state index is 12.3. The van der Waals surface area contributed by atoms with Crippen molar-refractivity contribution < 1.29 is 14.6 Å². The third-order valence-electron chi connectivity index (χ3n) is 3.62. The zero-order valence-corrected chi connectivity index (χ0v) is 14.3. The molecule has 24 heavy (non-hydrogen) atoms. The summed E-state index contributed by atoms with van der Waals surface area (Å²) in [5.41, 5.74) is 2.22. The van der Waals surface area contributed by atoms with Crippen LogP contribution >= 0.6 is 0 Å². The van der Waals surface area contributed by atoms with E-state index in [-0.39, 0.29) is 18.6 Å². The molecule has 0 spiro atoms. The smallest absolute Gasteiger partial charge is 0.251 e.